The van der Waals surface area contributed by atoms with Crippen LogP contribution in [0.3, 0.4) is 0 Å². The van der Waals surface area contributed by atoms with E-state index in [4.69, 9.17) is 24.8 Å². The number of nitrogens with one attached hydrogen (secondary N) is 2. The van der Waals surface area contributed by atoms with E-state index in [1.54, 1.807) is 12.1 Å². The molecule has 0 radical (unpaired) electrons. The zero-order chi connectivity index (χ0) is 55.3. The molecule has 26 heteroatoms. The Hall–Kier alpha value is -6.45. The molecule has 78 heavy (non-hydrogen) atoms. The van der Waals surface area contributed by atoms with Crippen LogP contribution in [-0.4, -0.2) is 155 Å². The first kappa shape index (κ1) is 64.1. The number of carboxylic acid groups (broad SMARTS) is 6. The van der Waals surface area contributed by atoms with Crippen LogP contribution in [-0.2, 0) is 81.5 Å². The smallest absolute Gasteiger partial charge is 0.320 e. The van der Waals surface area contributed by atoms with E-state index in [0.29, 0.717) is 105 Å². The van der Waals surface area contributed by atoms with Crippen LogP contribution >= 0.6 is 0 Å². The zero-order valence-electron chi connectivity index (χ0n) is 42.2. The first-order valence-electron chi connectivity index (χ1n) is 25.0. The predicted molar refractivity (Wildman–Crippen MR) is 270 cm³/mol. The van der Waals surface area contributed by atoms with Gasteiger partial charge in [-0.15, -0.1) is 0 Å². The van der Waals surface area contributed by atoms with Crippen LogP contribution in [0.5, 0.6) is 0 Å². The summed E-state index contributed by atoms with van der Waals surface area (Å²) in [5.41, 5.74) is 2.40. The average Bonchev–Trinajstić information content (AvgIpc) is 3.41. The second-order valence-corrected chi connectivity index (χ2v) is 20.5. The van der Waals surface area contributed by atoms with Crippen molar-refractivity contribution in [3.8, 4) is 22.5 Å². The van der Waals surface area contributed by atoms with Crippen molar-refractivity contribution in [2.75, 3.05) is 57.3 Å². The topological polar surface area (TPSA) is 362 Å². The van der Waals surface area contributed by atoms with Gasteiger partial charge in [-0.3, -0.25) is 49.2 Å². The number of benzene rings is 3. The summed E-state index contributed by atoms with van der Waals surface area (Å²) in [6.07, 6.45) is 2.09. The molecule has 2 aromatic carbocycles. The van der Waals surface area contributed by atoms with Gasteiger partial charge in [0.05, 0.1) is 24.1 Å². The number of aliphatic carboxylic acids is 6. The number of hydrogen-bond acceptors (Lipinski definition) is 14. The molecule has 2 fully saturated rings. The summed E-state index contributed by atoms with van der Waals surface area (Å²) >= 11 is 0. The Morgan fingerprint density at radius 1 is 0.692 bits per heavy atom. The van der Waals surface area contributed by atoms with Gasteiger partial charge in [-0.1, -0.05) is 49.8 Å². The number of unbranched alkanes of at least 4 members (excludes halogenated alkanes) is 2. The summed E-state index contributed by atoms with van der Waals surface area (Å²) in [7, 11) is -4.93. The third-order valence-electron chi connectivity index (χ3n) is 13.9. The molecular formula is C52H62N5Ni2O18S-. The van der Waals surface area contributed by atoms with Crippen LogP contribution in [0.25, 0.3) is 33.4 Å². The van der Waals surface area contributed by atoms with E-state index in [1.165, 1.54) is 12.1 Å². The summed E-state index contributed by atoms with van der Waals surface area (Å²) in [4.78, 5) is 97.7. The minimum absolute atomic E-state index is 0. The number of carbonyl (C=O) groups is 8. The minimum Gasteiger partial charge on any atom is -0.744 e. The molecule has 430 valence electrons. The molecule has 4 aliphatic rings. The van der Waals surface area contributed by atoms with E-state index in [0.717, 1.165) is 15.9 Å². The average molecular weight is 1190 g/mol. The fourth-order valence-electron chi connectivity index (χ4n) is 10.2. The van der Waals surface area contributed by atoms with Gasteiger partial charge >= 0.3 is 17.9 Å². The number of nitrogens with zero attached hydrogens (tertiary/aromatic N) is 3. The number of amides is 2. The second-order valence-electron chi connectivity index (χ2n) is 19.1. The molecule has 2 unspecified atom stereocenters. The van der Waals surface area contributed by atoms with Gasteiger partial charge in [0.2, 0.25) is 17.2 Å². The van der Waals surface area contributed by atoms with E-state index >= 15 is 0 Å². The molecule has 0 aromatic heterocycles. The van der Waals surface area contributed by atoms with Gasteiger partial charge in [0, 0.05) is 124 Å². The Morgan fingerprint density at radius 2 is 1.26 bits per heavy atom. The molecule has 0 saturated carbocycles. The Kier molecular flexibility index (Phi) is 24.2. The summed E-state index contributed by atoms with van der Waals surface area (Å²) in [5, 5.41) is 63.1. The molecule has 3 aliphatic heterocycles. The molecule has 2 amide bonds. The fourth-order valence-corrected chi connectivity index (χ4v) is 10.9. The number of anilines is 1. The molecule has 2 saturated heterocycles. The predicted octanol–water partition coefficient (Wildman–Crippen LogP) is 3.22. The van der Waals surface area contributed by atoms with Gasteiger partial charge in [0.25, 0.3) is 17.9 Å². The summed E-state index contributed by atoms with van der Waals surface area (Å²) in [6.45, 7) is 0.999. The number of piperidine rings is 2. The fraction of sp³-hybridized carbons (Fsp3) is 0.462. The van der Waals surface area contributed by atoms with Crippen LogP contribution in [0.4, 0.5) is 5.69 Å². The monoisotopic (exact) mass is 1190 g/mol. The van der Waals surface area contributed by atoms with Crippen LogP contribution in [0.2, 0.25) is 0 Å². The summed E-state index contributed by atoms with van der Waals surface area (Å²) in [6, 6.07) is 15.7. The van der Waals surface area contributed by atoms with Crippen LogP contribution in [0, 0.1) is 23.7 Å². The quantitative estimate of drug-likeness (QED) is 0.0106. The van der Waals surface area contributed by atoms with Gasteiger partial charge in [0.1, 0.15) is 40.6 Å². The molecule has 23 nitrogen and oxygen atoms in total. The first-order valence-corrected chi connectivity index (χ1v) is 26.4. The number of hydrogen-bond donors (Lipinski definition) is 8. The van der Waals surface area contributed by atoms with Gasteiger partial charge in [0.15, 0.2) is 0 Å². The molecule has 0 bridgehead atoms. The van der Waals surface area contributed by atoms with Gasteiger partial charge in [-0.2, -0.15) is 0 Å². The normalized spacial score (nSPS) is 15.7. The standard InChI is InChI=1S/C52H63N5O18S.2Ni/c58-44(59)25-33(26-45(60)61)36(51(68)69)7-3-5-19-53-49(66)31-15-21-55(22-16-31)34-11-13-37-41(27-34)75-42-28-35(12-14-38(42)48(37)39-8-1-2-10-43(39)76(72,73)74)56-23-17-32(18-24-56)50(67)54-20-6-4-9-40(52(70)71)57(29-46(62)63)30-47(64)65;;/h1-2,8,10-14,27-28,31-32,36,40H,3-7,9,15-26,29-30H2,(H,53,66)(H,54,67)(H,58,59)(H,60,61)(H,62,63)(H,64,65)(H,68,69)(H,70,71)(H,72,73,74);;/p-1. The van der Waals surface area contributed by atoms with E-state index in [9.17, 15) is 61.5 Å². The van der Waals surface area contributed by atoms with Crippen molar-refractivity contribution in [1.82, 2.24) is 20.1 Å². The van der Waals surface area contributed by atoms with Gasteiger partial charge in [-0.05, 0) is 62.8 Å². The molecule has 2 aromatic rings. The molecular weight excluding hydrogens is 1130 g/mol. The van der Waals surface area contributed by atoms with Crippen molar-refractivity contribution >= 4 is 74.4 Å². The maximum atomic E-state index is 13.2. The van der Waals surface area contributed by atoms with E-state index in [2.05, 4.69) is 20.1 Å². The Bertz CT molecular complexity index is 2940. The van der Waals surface area contributed by atoms with Gasteiger partial charge in [-0.25, -0.2) is 13.0 Å². The van der Waals surface area contributed by atoms with Crippen molar-refractivity contribution in [1.29, 1.82) is 0 Å². The largest absolute Gasteiger partial charge is 0.744 e. The van der Waals surface area contributed by atoms with Crippen molar-refractivity contribution in [2.24, 2.45) is 17.8 Å². The maximum absolute atomic E-state index is 13.2. The van der Waals surface area contributed by atoms with Crippen LogP contribution in [0.15, 0.2) is 70.0 Å². The van der Waals surface area contributed by atoms with Crippen LogP contribution in [0.1, 0.15) is 77.0 Å². The molecule has 3 heterocycles. The summed E-state index contributed by atoms with van der Waals surface area (Å²) in [5.74, 6) is -9.89. The molecule has 6 rings (SSSR count). The number of carbonyl (C=O) groups excluding carboxylic acids is 2. The minimum atomic E-state index is -4.93. The Balaban J connectivity index is 0.00000656. The van der Waals surface area contributed by atoms with E-state index in [-0.39, 0.29) is 94.0 Å². The van der Waals surface area contributed by atoms with Crippen molar-refractivity contribution < 1.29 is 119 Å². The summed E-state index contributed by atoms with van der Waals surface area (Å²) < 4.78 is 46.6. The van der Waals surface area contributed by atoms with Crippen molar-refractivity contribution in [2.45, 2.75) is 88.0 Å². The van der Waals surface area contributed by atoms with Crippen LogP contribution < -0.4 is 25.5 Å². The van der Waals surface area contributed by atoms with Gasteiger partial charge < -0.3 is 55.1 Å². The molecule has 0 spiro atoms. The SMILES string of the molecule is O=C(O)C[C-](CC(=O)O)C(CCCCNC(=O)C1CC[N+](=c2ccc3c(-c4ccccc4S(=O)(=O)[O-])c4ccc(N5CCC(C(=O)NCCCCC(C(=O)O)N(CC(=O)O)CC(=O)O)CC5)cc4oc-3c2)CC1)C(=O)O.[Ni].[Ni]. The second kappa shape index (κ2) is 29.5. The molecule has 2 atom stereocenters. The Morgan fingerprint density at radius 3 is 1.79 bits per heavy atom. The molecule has 1 aliphatic carbocycles. The Labute approximate surface area is 469 Å². The number of fused-ring (bicyclic) bond motifs is 2. The zero-order valence-corrected chi connectivity index (χ0v) is 45.0. The van der Waals surface area contributed by atoms with E-state index in [1.807, 2.05) is 36.4 Å². The first-order chi connectivity index (χ1) is 36.1. The molecule has 8 N–H and O–H groups in total. The van der Waals surface area contributed by atoms with Crippen molar-refractivity contribution in [3.63, 3.8) is 0 Å². The maximum Gasteiger partial charge on any atom is 0.320 e. The third-order valence-corrected chi connectivity index (χ3v) is 14.8. The number of carboxylic acids is 6. The van der Waals surface area contributed by atoms with Crippen molar-refractivity contribution in [3.05, 3.63) is 71.9 Å². The van der Waals surface area contributed by atoms with E-state index < -0.39 is 88.7 Å². The third kappa shape index (κ3) is 17.5. The number of rotatable bonds is 27.